The van der Waals surface area contributed by atoms with E-state index >= 15 is 0 Å². The van der Waals surface area contributed by atoms with E-state index < -0.39 is 17.8 Å². The molecule has 0 radical (unpaired) electrons. The minimum atomic E-state index is -2.26. The van der Waals surface area contributed by atoms with Gasteiger partial charge in [-0.1, -0.05) is 23.7 Å². The number of fused-ring (bicyclic) bond motifs is 2. The second kappa shape index (κ2) is 8.73. The minimum absolute atomic E-state index is 0.0691. The summed E-state index contributed by atoms with van der Waals surface area (Å²) in [5.74, 6) is -0.439. The lowest BCUT2D eigenvalue weighted by atomic mass is 9.83. The first kappa shape index (κ1) is 24.7. The first-order chi connectivity index (χ1) is 17.6. The van der Waals surface area contributed by atoms with Gasteiger partial charge in [0.2, 0.25) is 12.3 Å². The van der Waals surface area contributed by atoms with Gasteiger partial charge in [-0.05, 0) is 71.2 Å². The molecule has 1 amide bonds. The van der Waals surface area contributed by atoms with Crippen molar-refractivity contribution in [2.24, 2.45) is 5.92 Å². The number of carbonyl (C=O) groups excluding carboxylic acids is 1. The molecule has 6 nitrogen and oxygen atoms in total. The van der Waals surface area contributed by atoms with E-state index in [0.717, 1.165) is 40.7 Å². The molecule has 1 aliphatic carbocycles. The van der Waals surface area contributed by atoms with Gasteiger partial charge in [0.15, 0.2) is 5.15 Å². The fourth-order valence-corrected chi connectivity index (χ4v) is 6.57. The van der Waals surface area contributed by atoms with Crippen LogP contribution in [0.5, 0.6) is 0 Å². The van der Waals surface area contributed by atoms with Crippen molar-refractivity contribution in [3.63, 3.8) is 0 Å². The Morgan fingerprint density at radius 1 is 1.14 bits per heavy atom. The summed E-state index contributed by atoms with van der Waals surface area (Å²) in [6, 6.07) is 8.56. The van der Waals surface area contributed by atoms with Crippen molar-refractivity contribution in [1.29, 1.82) is 0 Å². The number of hydrogen-bond donors (Lipinski definition) is 0. The van der Waals surface area contributed by atoms with Gasteiger partial charge in [-0.25, -0.2) is 18.7 Å². The Labute approximate surface area is 220 Å². The number of anilines is 1. The molecule has 37 heavy (non-hydrogen) atoms. The molecule has 4 heterocycles. The van der Waals surface area contributed by atoms with Gasteiger partial charge < -0.3 is 9.47 Å². The van der Waals surface area contributed by atoms with Crippen LogP contribution >= 0.6 is 11.6 Å². The SMILES string of the molecule is CC(C)n1cnc2cc(-c3ccc4c(c3)N(C3CC(N5CC[C@H](C(F)F)C5)C3)C(=O)C4(C)C)nc(Cl)c21. The van der Waals surface area contributed by atoms with E-state index in [0.29, 0.717) is 30.4 Å². The molecule has 2 aliphatic heterocycles. The van der Waals surface area contributed by atoms with Crippen molar-refractivity contribution >= 4 is 34.2 Å². The van der Waals surface area contributed by atoms with Crippen molar-refractivity contribution < 1.29 is 13.6 Å². The number of hydrogen-bond acceptors (Lipinski definition) is 4. The Hall–Kier alpha value is -2.58. The number of nitrogens with zero attached hydrogens (tertiary/aromatic N) is 5. The van der Waals surface area contributed by atoms with E-state index in [4.69, 9.17) is 16.6 Å². The topological polar surface area (TPSA) is 54.3 Å². The molecular formula is C28H32ClF2N5O. The Bertz CT molecular complexity index is 1380. The van der Waals surface area contributed by atoms with Crippen LogP contribution in [-0.4, -0.2) is 56.9 Å². The van der Waals surface area contributed by atoms with Crippen LogP contribution < -0.4 is 4.90 Å². The van der Waals surface area contributed by atoms with Gasteiger partial charge >= 0.3 is 0 Å². The molecule has 3 aliphatic rings. The Kier molecular flexibility index (Phi) is 5.84. The second-order valence-electron chi connectivity index (χ2n) is 11.6. The van der Waals surface area contributed by atoms with E-state index in [2.05, 4.69) is 23.7 Å². The predicted molar refractivity (Wildman–Crippen MR) is 141 cm³/mol. The summed E-state index contributed by atoms with van der Waals surface area (Å²) in [5, 5.41) is 0.405. The molecule has 196 valence electrons. The molecule has 1 saturated heterocycles. The zero-order valence-corrected chi connectivity index (χ0v) is 22.3. The zero-order chi connectivity index (χ0) is 26.2. The van der Waals surface area contributed by atoms with Gasteiger partial charge in [0.05, 0.1) is 23.0 Å². The van der Waals surface area contributed by atoms with Crippen molar-refractivity contribution in [1.82, 2.24) is 19.4 Å². The monoisotopic (exact) mass is 527 g/mol. The molecular weight excluding hydrogens is 496 g/mol. The summed E-state index contributed by atoms with van der Waals surface area (Å²) >= 11 is 6.62. The van der Waals surface area contributed by atoms with Crippen LogP contribution in [0.2, 0.25) is 5.15 Å². The summed E-state index contributed by atoms with van der Waals surface area (Å²) in [6.07, 6.45) is 1.70. The number of likely N-dealkylation sites (tertiary alicyclic amines) is 1. The normalized spacial score (nSPS) is 25.5. The highest BCUT2D eigenvalue weighted by atomic mass is 35.5. The highest BCUT2D eigenvalue weighted by Crippen LogP contribution is 2.48. The highest BCUT2D eigenvalue weighted by Gasteiger charge is 2.50. The molecule has 1 aromatic carbocycles. The first-order valence-corrected chi connectivity index (χ1v) is 13.5. The summed E-state index contributed by atoms with van der Waals surface area (Å²) in [4.78, 5) is 27.0. The summed E-state index contributed by atoms with van der Waals surface area (Å²) in [6.45, 7) is 9.26. The van der Waals surface area contributed by atoms with Crippen LogP contribution in [-0.2, 0) is 10.2 Å². The van der Waals surface area contributed by atoms with Crippen LogP contribution in [0.4, 0.5) is 14.5 Å². The maximum atomic E-state index is 13.6. The zero-order valence-electron chi connectivity index (χ0n) is 21.6. The number of alkyl halides is 2. The molecule has 9 heteroatoms. The molecule has 2 fully saturated rings. The minimum Gasteiger partial charge on any atom is -0.326 e. The van der Waals surface area contributed by atoms with E-state index in [1.54, 1.807) is 6.33 Å². The molecule has 2 aromatic heterocycles. The maximum Gasteiger partial charge on any atom is 0.242 e. The largest absolute Gasteiger partial charge is 0.326 e. The van der Waals surface area contributed by atoms with Gasteiger partial charge in [0, 0.05) is 41.8 Å². The van der Waals surface area contributed by atoms with E-state index in [-0.39, 0.29) is 24.0 Å². The second-order valence-corrected chi connectivity index (χ2v) is 12.0. The molecule has 0 N–H and O–H groups in total. The predicted octanol–water partition coefficient (Wildman–Crippen LogP) is 6.07. The molecule has 0 bridgehead atoms. The smallest absolute Gasteiger partial charge is 0.242 e. The summed E-state index contributed by atoms with van der Waals surface area (Å²) in [5.41, 5.74) is 4.48. The van der Waals surface area contributed by atoms with Crippen LogP contribution in [0, 0.1) is 5.92 Å². The van der Waals surface area contributed by atoms with Gasteiger partial charge in [0.1, 0.15) is 5.52 Å². The lowest BCUT2D eigenvalue weighted by Crippen LogP contribution is -2.55. The third kappa shape index (κ3) is 3.86. The molecule has 6 rings (SSSR count). The Morgan fingerprint density at radius 2 is 1.89 bits per heavy atom. The number of carbonyl (C=O) groups is 1. The fourth-order valence-electron chi connectivity index (χ4n) is 6.28. The third-order valence-corrected chi connectivity index (χ3v) is 8.89. The number of rotatable bonds is 5. The number of benzene rings is 1. The molecule has 0 spiro atoms. The Morgan fingerprint density at radius 3 is 2.57 bits per heavy atom. The van der Waals surface area contributed by atoms with Gasteiger partial charge in [-0.3, -0.25) is 9.69 Å². The van der Waals surface area contributed by atoms with Crippen LogP contribution in [0.15, 0.2) is 30.6 Å². The number of halogens is 3. The number of pyridine rings is 1. The van der Waals surface area contributed by atoms with Crippen molar-refractivity contribution in [3.8, 4) is 11.3 Å². The van der Waals surface area contributed by atoms with E-state index in [9.17, 15) is 13.6 Å². The van der Waals surface area contributed by atoms with Gasteiger partial charge in [-0.15, -0.1) is 0 Å². The third-order valence-electron chi connectivity index (χ3n) is 8.63. The number of imidazole rings is 1. The average molecular weight is 528 g/mol. The first-order valence-electron chi connectivity index (χ1n) is 13.1. The van der Waals surface area contributed by atoms with Crippen molar-refractivity contribution in [3.05, 3.63) is 41.3 Å². The van der Waals surface area contributed by atoms with Crippen LogP contribution in [0.1, 0.15) is 58.6 Å². The molecule has 1 saturated carbocycles. The Balaban J connectivity index is 1.30. The number of aromatic nitrogens is 3. The fraction of sp³-hybridized carbons (Fsp3) is 0.536. The lowest BCUT2D eigenvalue weighted by Gasteiger charge is -2.46. The number of amides is 1. The quantitative estimate of drug-likeness (QED) is 0.378. The highest BCUT2D eigenvalue weighted by molar-refractivity contribution is 6.34. The van der Waals surface area contributed by atoms with Crippen molar-refractivity contribution in [2.75, 3.05) is 18.0 Å². The standard InChI is InChI=1S/C28H32ClF2N5O/c1-15(2)35-14-32-22-12-21(33-25(29)24(22)35)16-5-6-20-23(9-16)36(27(37)28(20,3)4)19-10-18(11-19)34-8-7-17(13-34)26(30)31/h5-6,9,12,14-15,17-19,26H,7-8,10-11,13H2,1-4H3/t17-,18?,19?/m0/s1. The maximum absolute atomic E-state index is 13.6. The summed E-state index contributed by atoms with van der Waals surface area (Å²) in [7, 11) is 0. The van der Waals surface area contributed by atoms with E-state index in [1.807, 2.05) is 47.6 Å². The molecule has 0 unspecified atom stereocenters. The van der Waals surface area contributed by atoms with Gasteiger partial charge in [-0.2, -0.15) is 0 Å². The van der Waals surface area contributed by atoms with Crippen molar-refractivity contribution in [2.45, 2.75) is 76.9 Å². The van der Waals surface area contributed by atoms with Crippen LogP contribution in [0.25, 0.3) is 22.3 Å². The molecule has 1 atom stereocenters. The van der Waals surface area contributed by atoms with Gasteiger partial charge in [0.25, 0.3) is 0 Å². The average Bonchev–Trinajstić information content (AvgIpc) is 3.51. The van der Waals surface area contributed by atoms with E-state index in [1.165, 1.54) is 0 Å². The molecule has 3 aromatic rings. The van der Waals surface area contributed by atoms with Crippen LogP contribution in [0.3, 0.4) is 0 Å². The summed E-state index contributed by atoms with van der Waals surface area (Å²) < 4.78 is 28.3. The lowest BCUT2D eigenvalue weighted by molar-refractivity contribution is -0.123.